The first-order chi connectivity index (χ1) is 11.1. The van der Waals surface area contributed by atoms with Crippen LogP contribution in [0.5, 0.6) is 0 Å². The van der Waals surface area contributed by atoms with Gasteiger partial charge in [-0.25, -0.2) is 0 Å². The maximum absolute atomic E-state index is 13.2. The molecule has 4 aliphatic rings. The average Bonchev–Trinajstić information content (AvgIpc) is 2.73. The van der Waals surface area contributed by atoms with Gasteiger partial charge < -0.3 is 10.2 Å². The fourth-order valence-corrected chi connectivity index (χ4v) is 7.65. The van der Waals surface area contributed by atoms with Crippen LogP contribution in [0.4, 0.5) is 0 Å². The Bertz CT molecular complexity index is 615. The van der Waals surface area contributed by atoms with Crippen molar-refractivity contribution in [2.75, 3.05) is 0 Å². The van der Waals surface area contributed by atoms with E-state index in [1.54, 1.807) is 0 Å². The highest BCUT2D eigenvalue weighted by atomic mass is 16.4. The van der Waals surface area contributed by atoms with E-state index in [-0.39, 0.29) is 17.6 Å². The van der Waals surface area contributed by atoms with E-state index in [0.717, 1.165) is 32.1 Å². The Hall–Kier alpha value is -0.900. The van der Waals surface area contributed by atoms with Crippen molar-refractivity contribution in [3.63, 3.8) is 0 Å². The van der Waals surface area contributed by atoms with Crippen molar-refractivity contribution in [2.45, 2.75) is 77.7 Å². The number of fused-ring (bicyclic) bond motifs is 3. The first kappa shape index (κ1) is 16.6. The van der Waals surface area contributed by atoms with Gasteiger partial charge >= 0.3 is 5.97 Å². The molecule has 2 bridgehead atoms. The minimum atomic E-state index is -1.03. The van der Waals surface area contributed by atoms with E-state index < -0.39 is 27.8 Å². The molecule has 0 heterocycles. The molecule has 4 rings (SSSR count). The maximum atomic E-state index is 13.2. The van der Waals surface area contributed by atoms with Crippen LogP contribution in [0.15, 0.2) is 0 Å². The van der Waals surface area contributed by atoms with Crippen LogP contribution in [0.3, 0.4) is 0 Å². The summed E-state index contributed by atoms with van der Waals surface area (Å²) in [6, 6.07) is 0. The molecule has 4 saturated carbocycles. The van der Waals surface area contributed by atoms with Crippen LogP contribution < -0.4 is 0 Å². The summed E-state index contributed by atoms with van der Waals surface area (Å²) in [6.07, 6.45) is 6.15. The number of aliphatic hydroxyl groups is 1. The summed E-state index contributed by atoms with van der Waals surface area (Å²) in [6.45, 7) is 5.99. The molecule has 0 saturated heterocycles. The number of carbonyl (C=O) groups is 2. The van der Waals surface area contributed by atoms with Crippen LogP contribution in [0.25, 0.3) is 0 Å². The molecular formula is C20H30O4. The molecule has 2 N–H and O–H groups in total. The summed E-state index contributed by atoms with van der Waals surface area (Å²) in [4.78, 5) is 25.2. The quantitative estimate of drug-likeness (QED) is 0.770. The predicted octanol–water partition coefficient (Wildman–Crippen LogP) is 3.41. The lowest BCUT2D eigenvalue weighted by Crippen LogP contribution is -2.70. The minimum Gasteiger partial charge on any atom is -0.481 e. The van der Waals surface area contributed by atoms with Gasteiger partial charge in [0.05, 0.1) is 16.4 Å². The van der Waals surface area contributed by atoms with E-state index in [1.165, 1.54) is 0 Å². The van der Waals surface area contributed by atoms with Gasteiger partial charge in [0.1, 0.15) is 5.78 Å². The van der Waals surface area contributed by atoms with Crippen molar-refractivity contribution < 1.29 is 19.8 Å². The molecule has 134 valence electrons. The summed E-state index contributed by atoms with van der Waals surface area (Å²) in [5, 5.41) is 21.9. The van der Waals surface area contributed by atoms with Crippen LogP contribution in [-0.4, -0.2) is 27.6 Å². The third-order valence-electron chi connectivity index (χ3n) is 9.10. The second-order valence-electron chi connectivity index (χ2n) is 9.68. The Kier molecular flexibility index (Phi) is 3.19. The molecule has 24 heavy (non-hydrogen) atoms. The van der Waals surface area contributed by atoms with E-state index in [4.69, 9.17) is 0 Å². The first-order valence-corrected chi connectivity index (χ1v) is 9.62. The van der Waals surface area contributed by atoms with Gasteiger partial charge in [-0.15, -0.1) is 0 Å². The van der Waals surface area contributed by atoms with Crippen LogP contribution in [0.1, 0.15) is 72.1 Å². The van der Waals surface area contributed by atoms with Gasteiger partial charge in [-0.3, -0.25) is 9.59 Å². The normalized spacial score (nSPS) is 56.5. The van der Waals surface area contributed by atoms with Gasteiger partial charge in [-0.2, -0.15) is 0 Å². The lowest BCUT2D eigenvalue weighted by Gasteiger charge is -2.66. The zero-order valence-corrected chi connectivity index (χ0v) is 15.1. The maximum Gasteiger partial charge on any atom is 0.309 e. The molecule has 0 amide bonds. The molecule has 2 unspecified atom stereocenters. The van der Waals surface area contributed by atoms with Crippen molar-refractivity contribution in [1.82, 2.24) is 0 Å². The van der Waals surface area contributed by atoms with Crippen molar-refractivity contribution in [3.8, 4) is 0 Å². The highest BCUT2D eigenvalue weighted by Crippen LogP contribution is 2.72. The van der Waals surface area contributed by atoms with Crippen LogP contribution in [0.2, 0.25) is 0 Å². The van der Waals surface area contributed by atoms with Crippen molar-refractivity contribution in [3.05, 3.63) is 0 Å². The second-order valence-corrected chi connectivity index (χ2v) is 9.68. The zero-order chi connectivity index (χ0) is 17.5. The van der Waals surface area contributed by atoms with E-state index in [2.05, 4.69) is 6.92 Å². The van der Waals surface area contributed by atoms with Gasteiger partial charge in [0.25, 0.3) is 0 Å². The first-order valence-electron chi connectivity index (χ1n) is 9.62. The average molecular weight is 334 g/mol. The topological polar surface area (TPSA) is 74.6 Å². The largest absolute Gasteiger partial charge is 0.481 e. The Morgan fingerprint density at radius 2 is 1.83 bits per heavy atom. The number of carbonyl (C=O) groups excluding carboxylic acids is 1. The zero-order valence-electron chi connectivity index (χ0n) is 15.1. The third kappa shape index (κ3) is 1.55. The van der Waals surface area contributed by atoms with Gasteiger partial charge in [0.2, 0.25) is 0 Å². The lowest BCUT2D eigenvalue weighted by molar-refractivity contribution is -0.255. The minimum absolute atomic E-state index is 0.0490. The fourth-order valence-electron chi connectivity index (χ4n) is 7.65. The number of rotatable bonds is 1. The summed E-state index contributed by atoms with van der Waals surface area (Å²) in [7, 11) is 0. The standard InChI is InChI=1S/C20H30O4/c1-12-13-5-10-20(24)18(3)8-4-7-17(2,16(22)23)14(18)6-9-19(20,11-13)15(12)21/h12-14,24H,4-11H2,1-3H3,(H,22,23)/t12?,13?,14-,17-,18-,19+,20-/m1/s1. The number of ketones is 1. The third-order valence-corrected chi connectivity index (χ3v) is 9.10. The summed E-state index contributed by atoms with van der Waals surface area (Å²) in [5.41, 5.74) is -2.90. The van der Waals surface area contributed by atoms with E-state index >= 15 is 0 Å². The molecule has 0 aromatic heterocycles. The number of hydrogen-bond acceptors (Lipinski definition) is 3. The van der Waals surface area contributed by atoms with Gasteiger partial charge in [-0.1, -0.05) is 20.3 Å². The Morgan fingerprint density at radius 1 is 1.12 bits per heavy atom. The highest BCUT2D eigenvalue weighted by Gasteiger charge is 2.75. The summed E-state index contributed by atoms with van der Waals surface area (Å²) >= 11 is 0. The number of Topliss-reactive ketones (excluding diaryl/α,β-unsaturated/α-hetero) is 1. The molecule has 0 aliphatic heterocycles. The van der Waals surface area contributed by atoms with Gasteiger partial charge in [-0.05, 0) is 63.7 Å². The number of carboxylic acid groups (broad SMARTS) is 1. The Labute approximate surface area is 144 Å². The van der Waals surface area contributed by atoms with Crippen LogP contribution in [-0.2, 0) is 9.59 Å². The number of aliphatic carboxylic acids is 1. The Morgan fingerprint density at radius 3 is 2.50 bits per heavy atom. The van der Waals surface area contributed by atoms with E-state index in [1.807, 2.05) is 13.8 Å². The Balaban J connectivity index is 1.85. The summed E-state index contributed by atoms with van der Waals surface area (Å²) < 4.78 is 0. The van der Waals surface area contributed by atoms with Gasteiger partial charge in [0, 0.05) is 11.3 Å². The van der Waals surface area contributed by atoms with Crippen molar-refractivity contribution in [1.29, 1.82) is 0 Å². The molecule has 4 nitrogen and oxygen atoms in total. The monoisotopic (exact) mass is 334 g/mol. The molecule has 0 aromatic rings. The fraction of sp³-hybridized carbons (Fsp3) is 0.900. The number of carboxylic acids is 1. The molecule has 4 aliphatic carbocycles. The molecular weight excluding hydrogens is 304 g/mol. The van der Waals surface area contributed by atoms with Crippen LogP contribution in [0, 0.1) is 34.0 Å². The summed E-state index contributed by atoms with van der Waals surface area (Å²) in [5.74, 6) is -0.0688. The number of hydrogen-bond donors (Lipinski definition) is 2. The van der Waals surface area contributed by atoms with Crippen molar-refractivity contribution in [2.24, 2.45) is 34.0 Å². The molecule has 4 fully saturated rings. The molecule has 4 heteroatoms. The predicted molar refractivity (Wildman–Crippen MR) is 89.3 cm³/mol. The molecule has 1 spiro atoms. The second kappa shape index (κ2) is 4.63. The molecule has 0 aromatic carbocycles. The lowest BCUT2D eigenvalue weighted by atomic mass is 9.38. The van der Waals surface area contributed by atoms with Crippen molar-refractivity contribution >= 4 is 11.8 Å². The molecule has 7 atom stereocenters. The van der Waals surface area contributed by atoms with E-state index in [9.17, 15) is 19.8 Å². The SMILES string of the molecule is CC1C(=O)[C@@]23CC[C@@H]4[C@](C)(C(=O)O)CCC[C@@]4(C)[C@]2(O)CCC1C3. The molecule has 0 radical (unpaired) electrons. The van der Waals surface area contributed by atoms with Crippen LogP contribution >= 0.6 is 0 Å². The van der Waals surface area contributed by atoms with Gasteiger partial charge in [0.15, 0.2) is 0 Å². The van der Waals surface area contributed by atoms with E-state index in [0.29, 0.717) is 25.2 Å². The highest BCUT2D eigenvalue weighted by molar-refractivity contribution is 5.91. The smallest absolute Gasteiger partial charge is 0.309 e.